The normalized spacial score (nSPS) is 12.0. The first-order chi connectivity index (χ1) is 8.66. The van der Waals surface area contributed by atoms with Crippen LogP contribution >= 0.6 is 0 Å². The molecule has 0 aliphatic heterocycles. The van der Waals surface area contributed by atoms with Crippen LogP contribution in [0.5, 0.6) is 0 Å². The van der Waals surface area contributed by atoms with Gasteiger partial charge in [0.25, 0.3) is 5.91 Å². The number of aromatic amines is 1. The van der Waals surface area contributed by atoms with Gasteiger partial charge in [-0.25, -0.2) is 9.78 Å². The van der Waals surface area contributed by atoms with E-state index in [1.165, 1.54) is 24.9 Å². The van der Waals surface area contributed by atoms with Crippen molar-refractivity contribution >= 4 is 11.9 Å². The summed E-state index contributed by atoms with van der Waals surface area (Å²) in [5.41, 5.74) is 0.647. The second kappa shape index (κ2) is 5.13. The SMILES string of the molecule is O=C(N[C@@H](Cc1cnc[nH]1)C(=O)O)c1ccon1. The Labute approximate surface area is 101 Å². The Morgan fingerprint density at radius 3 is 2.94 bits per heavy atom. The lowest BCUT2D eigenvalue weighted by Gasteiger charge is -2.12. The lowest BCUT2D eigenvalue weighted by molar-refractivity contribution is -0.139. The summed E-state index contributed by atoms with van der Waals surface area (Å²) in [5.74, 6) is -1.74. The molecule has 1 amide bonds. The van der Waals surface area contributed by atoms with E-state index >= 15 is 0 Å². The van der Waals surface area contributed by atoms with Gasteiger partial charge >= 0.3 is 5.97 Å². The monoisotopic (exact) mass is 250 g/mol. The van der Waals surface area contributed by atoms with Gasteiger partial charge in [-0.3, -0.25) is 4.79 Å². The molecule has 0 aromatic carbocycles. The van der Waals surface area contributed by atoms with Crippen LogP contribution in [0.4, 0.5) is 0 Å². The highest BCUT2D eigenvalue weighted by molar-refractivity contribution is 5.94. The number of hydrogen-bond acceptors (Lipinski definition) is 5. The molecule has 0 aliphatic carbocycles. The molecule has 2 aromatic heterocycles. The third-order valence-corrected chi connectivity index (χ3v) is 2.25. The van der Waals surface area contributed by atoms with Gasteiger partial charge < -0.3 is 19.9 Å². The van der Waals surface area contributed by atoms with E-state index in [4.69, 9.17) is 5.11 Å². The molecule has 0 aliphatic rings. The Balaban J connectivity index is 2.03. The zero-order valence-electron chi connectivity index (χ0n) is 9.16. The number of hydrogen-bond donors (Lipinski definition) is 3. The van der Waals surface area contributed by atoms with Crippen LogP contribution in [0.3, 0.4) is 0 Å². The smallest absolute Gasteiger partial charge is 0.326 e. The number of aromatic nitrogens is 3. The number of imidazole rings is 1. The molecule has 0 bridgehead atoms. The van der Waals surface area contributed by atoms with Crippen LogP contribution in [0.25, 0.3) is 0 Å². The van der Waals surface area contributed by atoms with E-state index in [0.717, 1.165) is 0 Å². The van der Waals surface area contributed by atoms with Gasteiger partial charge in [-0.15, -0.1) is 0 Å². The van der Waals surface area contributed by atoms with Crippen molar-refractivity contribution in [3.63, 3.8) is 0 Å². The molecule has 8 nitrogen and oxygen atoms in total. The molecule has 3 N–H and O–H groups in total. The highest BCUT2D eigenvalue weighted by Gasteiger charge is 2.22. The number of carboxylic acids is 1. The maximum absolute atomic E-state index is 11.6. The fraction of sp³-hybridized carbons (Fsp3) is 0.200. The lowest BCUT2D eigenvalue weighted by atomic mass is 10.1. The molecule has 8 heteroatoms. The van der Waals surface area contributed by atoms with E-state index in [1.54, 1.807) is 0 Å². The molecule has 1 atom stereocenters. The zero-order valence-corrected chi connectivity index (χ0v) is 9.16. The summed E-state index contributed by atoms with van der Waals surface area (Å²) in [7, 11) is 0. The first-order valence-corrected chi connectivity index (χ1v) is 5.08. The molecular weight excluding hydrogens is 240 g/mol. The summed E-state index contributed by atoms with van der Waals surface area (Å²) in [6.45, 7) is 0. The topological polar surface area (TPSA) is 121 Å². The van der Waals surface area contributed by atoms with Crippen molar-refractivity contribution in [1.29, 1.82) is 0 Å². The summed E-state index contributed by atoms with van der Waals surface area (Å²) in [6, 6.07) is 0.291. The van der Waals surface area contributed by atoms with Crippen LogP contribution in [-0.2, 0) is 11.2 Å². The number of carbonyl (C=O) groups excluding carboxylic acids is 1. The van der Waals surface area contributed by atoms with E-state index in [9.17, 15) is 9.59 Å². The first-order valence-electron chi connectivity index (χ1n) is 5.08. The number of H-pyrrole nitrogens is 1. The van der Waals surface area contributed by atoms with Crippen molar-refractivity contribution < 1.29 is 19.2 Å². The van der Waals surface area contributed by atoms with Crippen LogP contribution < -0.4 is 5.32 Å². The van der Waals surface area contributed by atoms with Gasteiger partial charge in [0.05, 0.1) is 6.33 Å². The van der Waals surface area contributed by atoms with Gasteiger partial charge in [0, 0.05) is 24.4 Å². The third kappa shape index (κ3) is 2.73. The lowest BCUT2D eigenvalue weighted by Crippen LogP contribution is -2.42. The minimum absolute atomic E-state index is 0.0332. The number of aliphatic carboxylic acids is 1. The highest BCUT2D eigenvalue weighted by Crippen LogP contribution is 2.01. The predicted molar refractivity (Wildman–Crippen MR) is 57.7 cm³/mol. The second-order valence-corrected chi connectivity index (χ2v) is 3.53. The predicted octanol–water partition coefficient (Wildman–Crippen LogP) is -0.177. The summed E-state index contributed by atoms with van der Waals surface area (Å²) in [5, 5.41) is 14.8. The Morgan fingerprint density at radius 2 is 2.39 bits per heavy atom. The summed E-state index contributed by atoms with van der Waals surface area (Å²) < 4.78 is 4.51. The van der Waals surface area contributed by atoms with E-state index in [-0.39, 0.29) is 12.1 Å². The zero-order chi connectivity index (χ0) is 13.0. The van der Waals surface area contributed by atoms with Gasteiger partial charge in [-0.2, -0.15) is 0 Å². The number of amides is 1. The summed E-state index contributed by atoms with van der Waals surface area (Å²) >= 11 is 0. The van der Waals surface area contributed by atoms with Crippen LogP contribution in [0.1, 0.15) is 16.2 Å². The minimum Gasteiger partial charge on any atom is -0.480 e. The molecule has 0 fully saturated rings. The van der Waals surface area contributed by atoms with Crippen molar-refractivity contribution in [3.05, 3.63) is 36.2 Å². The molecule has 0 radical (unpaired) electrons. The summed E-state index contributed by atoms with van der Waals surface area (Å²) in [6.07, 6.45) is 4.28. The molecule has 0 spiro atoms. The Hall–Kier alpha value is -2.64. The van der Waals surface area contributed by atoms with Gasteiger partial charge in [0.15, 0.2) is 5.69 Å². The quantitative estimate of drug-likeness (QED) is 0.677. The average molecular weight is 250 g/mol. The van der Waals surface area contributed by atoms with E-state index < -0.39 is 17.9 Å². The Kier molecular flexibility index (Phi) is 3.37. The standard InChI is InChI=1S/C10H10N4O4/c15-9(7-1-2-18-14-7)13-8(10(16)17)3-6-4-11-5-12-6/h1-2,4-5,8H,3H2,(H,11,12)(H,13,15)(H,16,17)/t8-/m0/s1. The van der Waals surface area contributed by atoms with E-state index in [1.807, 2.05) is 0 Å². The maximum Gasteiger partial charge on any atom is 0.326 e. The average Bonchev–Trinajstić information content (AvgIpc) is 3.00. The minimum atomic E-state index is -1.14. The van der Waals surface area contributed by atoms with E-state index in [2.05, 4.69) is 25.0 Å². The number of carbonyl (C=O) groups is 2. The van der Waals surface area contributed by atoms with Gasteiger partial charge in [0.2, 0.25) is 0 Å². The van der Waals surface area contributed by atoms with Crippen molar-refractivity contribution in [2.24, 2.45) is 0 Å². The van der Waals surface area contributed by atoms with Crippen LogP contribution in [0.15, 0.2) is 29.4 Å². The molecule has 0 saturated heterocycles. The van der Waals surface area contributed by atoms with Gasteiger partial charge in [0.1, 0.15) is 12.3 Å². The molecule has 0 saturated carbocycles. The van der Waals surface area contributed by atoms with Crippen molar-refractivity contribution in [2.45, 2.75) is 12.5 Å². The van der Waals surface area contributed by atoms with Crippen LogP contribution in [-0.4, -0.2) is 38.1 Å². The van der Waals surface area contributed by atoms with Crippen molar-refractivity contribution in [1.82, 2.24) is 20.4 Å². The largest absolute Gasteiger partial charge is 0.480 e. The maximum atomic E-state index is 11.6. The first kappa shape index (κ1) is 11.8. The molecule has 94 valence electrons. The Bertz CT molecular complexity index is 520. The molecule has 2 rings (SSSR count). The molecule has 2 heterocycles. The van der Waals surface area contributed by atoms with Crippen LogP contribution in [0.2, 0.25) is 0 Å². The number of carboxylic acid groups (broad SMARTS) is 1. The second-order valence-electron chi connectivity index (χ2n) is 3.53. The number of nitrogens with zero attached hydrogens (tertiary/aromatic N) is 2. The molecule has 18 heavy (non-hydrogen) atoms. The molecule has 2 aromatic rings. The van der Waals surface area contributed by atoms with E-state index in [0.29, 0.717) is 5.69 Å². The fourth-order valence-electron chi connectivity index (χ4n) is 1.38. The van der Waals surface area contributed by atoms with Gasteiger partial charge in [-0.1, -0.05) is 5.16 Å². The van der Waals surface area contributed by atoms with Crippen molar-refractivity contribution in [2.75, 3.05) is 0 Å². The molecular formula is C10H10N4O4. The molecule has 0 unspecified atom stereocenters. The summed E-state index contributed by atoms with van der Waals surface area (Å²) in [4.78, 5) is 29.2. The third-order valence-electron chi connectivity index (χ3n) is 2.25. The van der Waals surface area contributed by atoms with Crippen LogP contribution in [0, 0.1) is 0 Å². The van der Waals surface area contributed by atoms with Crippen molar-refractivity contribution in [3.8, 4) is 0 Å². The number of rotatable bonds is 5. The Morgan fingerprint density at radius 1 is 1.56 bits per heavy atom. The fourth-order valence-corrected chi connectivity index (χ4v) is 1.38. The highest BCUT2D eigenvalue weighted by atomic mass is 16.5. The van der Waals surface area contributed by atoms with Gasteiger partial charge in [-0.05, 0) is 0 Å². The number of nitrogens with one attached hydrogen (secondary N) is 2.